The predicted octanol–water partition coefficient (Wildman–Crippen LogP) is 4.71. The summed E-state index contributed by atoms with van der Waals surface area (Å²) in [6, 6.07) is 14.1. The standard InChI is InChI=1S/C18H15Cl2NO/c19-10-5-6-13(15(20)9-10)17-11-3-1-2-4-12(11)18-14(17)7-8-16(22)21-18/h1-6,9,14,17-18H,7-8H2,(H,21,22). The molecule has 1 aliphatic heterocycles. The molecule has 2 aliphatic rings. The second kappa shape index (κ2) is 5.29. The Bertz CT molecular complexity index is 759. The zero-order valence-electron chi connectivity index (χ0n) is 11.9. The maximum absolute atomic E-state index is 11.8. The van der Waals surface area contributed by atoms with Crippen LogP contribution in [0.5, 0.6) is 0 Å². The summed E-state index contributed by atoms with van der Waals surface area (Å²) in [6.45, 7) is 0. The van der Waals surface area contributed by atoms with Gasteiger partial charge in [0.25, 0.3) is 0 Å². The molecule has 1 fully saturated rings. The first-order chi connectivity index (χ1) is 10.6. The lowest BCUT2D eigenvalue weighted by molar-refractivity contribution is -0.124. The molecule has 22 heavy (non-hydrogen) atoms. The second-order valence-corrected chi connectivity index (χ2v) is 6.86. The van der Waals surface area contributed by atoms with E-state index in [2.05, 4.69) is 23.5 Å². The van der Waals surface area contributed by atoms with Gasteiger partial charge in [-0.05, 0) is 41.2 Å². The molecule has 0 spiro atoms. The van der Waals surface area contributed by atoms with Gasteiger partial charge in [0.05, 0.1) is 6.04 Å². The number of amides is 1. The number of hydrogen-bond donors (Lipinski definition) is 1. The van der Waals surface area contributed by atoms with Gasteiger partial charge in [0.1, 0.15) is 0 Å². The summed E-state index contributed by atoms with van der Waals surface area (Å²) in [5.41, 5.74) is 3.59. The lowest BCUT2D eigenvalue weighted by atomic mass is 9.80. The Morgan fingerprint density at radius 1 is 1.00 bits per heavy atom. The Morgan fingerprint density at radius 2 is 1.77 bits per heavy atom. The molecule has 3 unspecified atom stereocenters. The van der Waals surface area contributed by atoms with Gasteiger partial charge in [-0.25, -0.2) is 0 Å². The molecule has 1 heterocycles. The molecule has 1 aliphatic carbocycles. The van der Waals surface area contributed by atoms with E-state index in [0.717, 1.165) is 12.0 Å². The summed E-state index contributed by atoms with van der Waals surface area (Å²) in [5.74, 6) is 0.708. The monoisotopic (exact) mass is 331 g/mol. The summed E-state index contributed by atoms with van der Waals surface area (Å²) in [5, 5.41) is 4.50. The molecule has 1 N–H and O–H groups in total. The van der Waals surface area contributed by atoms with Crippen LogP contribution in [0.15, 0.2) is 42.5 Å². The molecule has 0 bridgehead atoms. The van der Waals surface area contributed by atoms with Gasteiger partial charge in [-0.15, -0.1) is 0 Å². The minimum absolute atomic E-state index is 0.0918. The third-order valence-corrected chi connectivity index (χ3v) is 5.40. The Hall–Kier alpha value is -1.51. The van der Waals surface area contributed by atoms with E-state index in [1.54, 1.807) is 6.07 Å². The summed E-state index contributed by atoms with van der Waals surface area (Å²) >= 11 is 12.5. The van der Waals surface area contributed by atoms with Gasteiger partial charge in [0.15, 0.2) is 0 Å². The molecular formula is C18H15Cl2NO. The van der Waals surface area contributed by atoms with E-state index in [-0.39, 0.29) is 17.9 Å². The average Bonchev–Trinajstić information content (AvgIpc) is 2.82. The lowest BCUT2D eigenvalue weighted by Gasteiger charge is -2.31. The molecule has 112 valence electrons. The highest BCUT2D eigenvalue weighted by Crippen LogP contribution is 2.53. The predicted molar refractivity (Wildman–Crippen MR) is 88.4 cm³/mol. The maximum Gasteiger partial charge on any atom is 0.220 e. The summed E-state index contributed by atoms with van der Waals surface area (Å²) < 4.78 is 0. The van der Waals surface area contributed by atoms with Crippen molar-refractivity contribution >= 4 is 29.1 Å². The van der Waals surface area contributed by atoms with Gasteiger partial charge in [-0.1, -0.05) is 53.5 Å². The van der Waals surface area contributed by atoms with Crippen molar-refractivity contribution in [2.45, 2.75) is 24.8 Å². The molecule has 2 aromatic rings. The van der Waals surface area contributed by atoms with Crippen molar-refractivity contribution in [2.24, 2.45) is 5.92 Å². The van der Waals surface area contributed by atoms with Gasteiger partial charge >= 0.3 is 0 Å². The highest BCUT2D eigenvalue weighted by atomic mass is 35.5. The summed E-state index contributed by atoms with van der Waals surface area (Å²) in [7, 11) is 0. The van der Waals surface area contributed by atoms with Crippen molar-refractivity contribution in [1.82, 2.24) is 5.32 Å². The van der Waals surface area contributed by atoms with E-state index in [4.69, 9.17) is 23.2 Å². The van der Waals surface area contributed by atoms with Crippen LogP contribution in [0.4, 0.5) is 0 Å². The number of fused-ring (bicyclic) bond motifs is 3. The van der Waals surface area contributed by atoms with Gasteiger partial charge in [-0.3, -0.25) is 4.79 Å². The van der Waals surface area contributed by atoms with Crippen LogP contribution in [0, 0.1) is 5.92 Å². The fourth-order valence-electron chi connectivity index (χ4n) is 3.94. The van der Waals surface area contributed by atoms with Crippen LogP contribution < -0.4 is 5.32 Å². The van der Waals surface area contributed by atoms with Crippen LogP contribution in [0.1, 0.15) is 41.5 Å². The molecule has 0 radical (unpaired) electrons. The number of nitrogens with one attached hydrogen (secondary N) is 1. The third kappa shape index (κ3) is 2.13. The van der Waals surface area contributed by atoms with Crippen molar-refractivity contribution in [1.29, 1.82) is 0 Å². The van der Waals surface area contributed by atoms with Crippen molar-refractivity contribution in [3.63, 3.8) is 0 Å². The number of carbonyl (C=O) groups excluding carboxylic acids is 1. The molecular weight excluding hydrogens is 317 g/mol. The van der Waals surface area contributed by atoms with E-state index in [0.29, 0.717) is 22.4 Å². The van der Waals surface area contributed by atoms with Crippen LogP contribution in [0.25, 0.3) is 0 Å². The number of benzene rings is 2. The van der Waals surface area contributed by atoms with Crippen molar-refractivity contribution in [3.05, 3.63) is 69.2 Å². The number of carbonyl (C=O) groups is 1. The molecule has 2 aromatic carbocycles. The Morgan fingerprint density at radius 3 is 2.55 bits per heavy atom. The third-order valence-electron chi connectivity index (χ3n) is 4.84. The van der Waals surface area contributed by atoms with Crippen LogP contribution in [-0.2, 0) is 4.79 Å². The van der Waals surface area contributed by atoms with Crippen LogP contribution in [0.3, 0.4) is 0 Å². The zero-order chi connectivity index (χ0) is 15.3. The SMILES string of the molecule is O=C1CCC2C(N1)c1ccccc1C2c1ccc(Cl)cc1Cl. The number of rotatable bonds is 1. The smallest absolute Gasteiger partial charge is 0.220 e. The average molecular weight is 332 g/mol. The second-order valence-electron chi connectivity index (χ2n) is 6.02. The fourth-order valence-corrected chi connectivity index (χ4v) is 4.47. The van der Waals surface area contributed by atoms with Gasteiger partial charge in [0, 0.05) is 22.4 Å². The summed E-state index contributed by atoms with van der Waals surface area (Å²) in [6.07, 6.45) is 1.46. The first-order valence-electron chi connectivity index (χ1n) is 7.48. The lowest BCUT2D eigenvalue weighted by Crippen LogP contribution is -2.37. The van der Waals surface area contributed by atoms with Crippen molar-refractivity contribution < 1.29 is 4.79 Å². The van der Waals surface area contributed by atoms with Crippen LogP contribution >= 0.6 is 23.2 Å². The van der Waals surface area contributed by atoms with Gasteiger partial charge in [-0.2, -0.15) is 0 Å². The van der Waals surface area contributed by atoms with Crippen molar-refractivity contribution in [2.75, 3.05) is 0 Å². The molecule has 4 rings (SSSR count). The molecule has 0 saturated carbocycles. The molecule has 4 heteroatoms. The first-order valence-corrected chi connectivity index (χ1v) is 8.24. The topological polar surface area (TPSA) is 29.1 Å². The Labute approximate surface area is 139 Å². The van der Waals surface area contributed by atoms with Crippen molar-refractivity contribution in [3.8, 4) is 0 Å². The number of halogens is 2. The van der Waals surface area contributed by atoms with E-state index >= 15 is 0 Å². The Kier molecular flexibility index (Phi) is 3.39. The minimum Gasteiger partial charge on any atom is -0.349 e. The molecule has 2 nitrogen and oxygen atoms in total. The minimum atomic E-state index is 0.0918. The highest BCUT2D eigenvalue weighted by Gasteiger charge is 2.44. The maximum atomic E-state index is 11.8. The van der Waals surface area contributed by atoms with E-state index < -0.39 is 0 Å². The zero-order valence-corrected chi connectivity index (χ0v) is 13.4. The quantitative estimate of drug-likeness (QED) is 0.805. The van der Waals surface area contributed by atoms with E-state index in [1.807, 2.05) is 18.2 Å². The number of piperidine rings is 1. The fraction of sp³-hybridized carbons (Fsp3) is 0.278. The highest BCUT2D eigenvalue weighted by molar-refractivity contribution is 6.35. The van der Waals surface area contributed by atoms with Crippen LogP contribution in [-0.4, -0.2) is 5.91 Å². The van der Waals surface area contributed by atoms with Crippen LogP contribution in [0.2, 0.25) is 10.0 Å². The first kappa shape index (κ1) is 14.1. The van der Waals surface area contributed by atoms with Gasteiger partial charge in [0.2, 0.25) is 5.91 Å². The normalized spacial score (nSPS) is 26.3. The van der Waals surface area contributed by atoms with E-state index in [9.17, 15) is 4.79 Å². The molecule has 3 atom stereocenters. The molecule has 0 aromatic heterocycles. The number of hydrogen-bond acceptors (Lipinski definition) is 1. The summed E-state index contributed by atoms with van der Waals surface area (Å²) in [4.78, 5) is 11.8. The largest absolute Gasteiger partial charge is 0.349 e. The van der Waals surface area contributed by atoms with E-state index in [1.165, 1.54) is 11.1 Å². The molecule has 1 saturated heterocycles. The molecule has 1 amide bonds. The Balaban J connectivity index is 1.86. The van der Waals surface area contributed by atoms with Gasteiger partial charge < -0.3 is 5.32 Å².